The van der Waals surface area contributed by atoms with Crippen LogP contribution in [0.4, 0.5) is 0 Å². The first kappa shape index (κ1) is 19.3. The van der Waals surface area contributed by atoms with E-state index in [1.54, 1.807) is 18.2 Å². The third kappa shape index (κ3) is 4.26. The van der Waals surface area contributed by atoms with Gasteiger partial charge in [-0.25, -0.2) is 0 Å². The number of ether oxygens (including phenoxy) is 1. The van der Waals surface area contributed by atoms with E-state index in [1.807, 2.05) is 0 Å². The van der Waals surface area contributed by atoms with Gasteiger partial charge in [0.15, 0.2) is 16.7 Å². The highest BCUT2D eigenvalue weighted by Gasteiger charge is 2.24. The third-order valence-electron chi connectivity index (χ3n) is 3.45. The van der Waals surface area contributed by atoms with Crippen LogP contribution in [0.2, 0.25) is 5.02 Å². The van der Waals surface area contributed by atoms with Gasteiger partial charge in [0, 0.05) is 10.6 Å². The Morgan fingerprint density at radius 1 is 1.19 bits per heavy atom. The van der Waals surface area contributed by atoms with Crippen LogP contribution in [0.15, 0.2) is 57.3 Å². The summed E-state index contributed by atoms with van der Waals surface area (Å²) in [6, 6.07) is 10.3. The summed E-state index contributed by atoms with van der Waals surface area (Å²) in [5.74, 6) is -0.376. The minimum absolute atomic E-state index is 0.0543. The van der Waals surface area contributed by atoms with Crippen molar-refractivity contribution in [1.82, 2.24) is 0 Å². The maximum absolute atomic E-state index is 12.6. The third-order valence-corrected chi connectivity index (χ3v) is 5.75. The highest BCUT2D eigenvalue weighted by molar-refractivity contribution is 8.18. The molecule has 1 aliphatic heterocycles. The topological polar surface area (TPSA) is 108 Å². The molecule has 0 aliphatic carbocycles. The van der Waals surface area contributed by atoms with Crippen molar-refractivity contribution in [3.8, 4) is 11.5 Å². The molecule has 27 heavy (non-hydrogen) atoms. The number of halogens is 1. The summed E-state index contributed by atoms with van der Waals surface area (Å²) >= 11 is 6.78. The van der Waals surface area contributed by atoms with Gasteiger partial charge >= 0.3 is 10.1 Å². The Morgan fingerprint density at radius 3 is 2.48 bits per heavy atom. The number of hydrogen-bond donors (Lipinski definition) is 1. The Labute approximate surface area is 165 Å². The number of methoxy groups -OCH3 is 1. The number of rotatable bonds is 5. The van der Waals surface area contributed by atoms with Crippen molar-refractivity contribution in [2.75, 3.05) is 7.11 Å². The van der Waals surface area contributed by atoms with E-state index in [2.05, 4.69) is 4.99 Å². The number of para-hydroxylation sites is 1. The average molecular weight is 425 g/mol. The van der Waals surface area contributed by atoms with Gasteiger partial charge in [0.1, 0.15) is 4.90 Å². The second kappa shape index (κ2) is 7.63. The lowest BCUT2D eigenvalue weighted by Gasteiger charge is -2.13. The summed E-state index contributed by atoms with van der Waals surface area (Å²) in [6.07, 6.45) is 1.45. The van der Waals surface area contributed by atoms with Crippen molar-refractivity contribution in [3.05, 3.63) is 58.0 Å². The molecule has 0 fully saturated rings. The highest BCUT2D eigenvalue weighted by atomic mass is 35.5. The maximum Gasteiger partial charge on any atom is 0.339 e. The first-order chi connectivity index (χ1) is 12.8. The van der Waals surface area contributed by atoms with E-state index in [-0.39, 0.29) is 26.5 Å². The predicted molar refractivity (Wildman–Crippen MR) is 104 cm³/mol. The van der Waals surface area contributed by atoms with Crippen molar-refractivity contribution < 1.29 is 22.1 Å². The number of benzene rings is 2. The number of thioether (sulfide) groups is 1. The second-order valence-electron chi connectivity index (χ2n) is 5.24. The van der Waals surface area contributed by atoms with Crippen LogP contribution in [-0.2, 0) is 14.9 Å². The van der Waals surface area contributed by atoms with Crippen molar-refractivity contribution in [2.24, 2.45) is 10.7 Å². The zero-order valence-electron chi connectivity index (χ0n) is 13.9. The summed E-state index contributed by atoms with van der Waals surface area (Å²) < 4.78 is 35.8. The highest BCUT2D eigenvalue weighted by Crippen LogP contribution is 2.37. The zero-order valence-corrected chi connectivity index (χ0v) is 16.3. The molecule has 1 amide bonds. The van der Waals surface area contributed by atoms with Crippen LogP contribution in [0.5, 0.6) is 11.5 Å². The maximum atomic E-state index is 12.6. The van der Waals surface area contributed by atoms with Gasteiger partial charge in [-0.15, -0.1) is 0 Å². The standard InChI is InChI=1S/C17H13ClN2O5S2/c1-24-13-4-2-3-10(9-14-16(21)20-17(19)26-14)15(13)25-27(22,23)12-7-5-11(18)6-8-12/h2-9H,1H3,(H2,19,20,21)/b14-9-. The van der Waals surface area contributed by atoms with Gasteiger partial charge in [-0.1, -0.05) is 23.7 Å². The Kier molecular flexibility index (Phi) is 5.45. The molecule has 2 aromatic rings. The van der Waals surface area contributed by atoms with Crippen molar-refractivity contribution in [2.45, 2.75) is 4.90 Å². The van der Waals surface area contributed by atoms with E-state index in [4.69, 9.17) is 26.3 Å². The molecule has 0 aromatic heterocycles. The molecule has 0 saturated carbocycles. The molecule has 7 nitrogen and oxygen atoms in total. The van der Waals surface area contributed by atoms with Gasteiger partial charge in [0.05, 0.1) is 12.0 Å². The van der Waals surface area contributed by atoms with E-state index in [0.29, 0.717) is 10.6 Å². The van der Waals surface area contributed by atoms with Crippen LogP contribution in [-0.4, -0.2) is 26.6 Å². The van der Waals surface area contributed by atoms with Crippen LogP contribution in [0.25, 0.3) is 6.08 Å². The Balaban J connectivity index is 2.03. The van der Waals surface area contributed by atoms with Gasteiger partial charge in [-0.3, -0.25) is 4.79 Å². The molecule has 3 rings (SSSR count). The second-order valence-corrected chi connectivity index (χ2v) is 8.28. The van der Waals surface area contributed by atoms with Crippen LogP contribution in [0, 0.1) is 0 Å². The SMILES string of the molecule is COc1cccc(/C=C2\SC(N)=NC2=O)c1OS(=O)(=O)c1ccc(Cl)cc1. The smallest absolute Gasteiger partial charge is 0.339 e. The molecular formula is C17H13ClN2O5S2. The van der Waals surface area contributed by atoms with E-state index in [9.17, 15) is 13.2 Å². The average Bonchev–Trinajstić information content (AvgIpc) is 2.93. The molecule has 1 aliphatic rings. The minimum atomic E-state index is -4.16. The number of nitrogens with two attached hydrogens (primary N) is 1. The number of hydrogen-bond acceptors (Lipinski definition) is 7. The minimum Gasteiger partial charge on any atom is -0.493 e. The molecule has 0 radical (unpaired) electrons. The van der Waals surface area contributed by atoms with E-state index in [0.717, 1.165) is 11.8 Å². The summed E-state index contributed by atoms with van der Waals surface area (Å²) in [5, 5.41) is 0.511. The lowest BCUT2D eigenvalue weighted by molar-refractivity contribution is -0.113. The summed E-state index contributed by atoms with van der Waals surface area (Å²) in [6.45, 7) is 0. The lowest BCUT2D eigenvalue weighted by atomic mass is 10.1. The fourth-order valence-electron chi connectivity index (χ4n) is 2.22. The van der Waals surface area contributed by atoms with Gasteiger partial charge < -0.3 is 14.7 Å². The quantitative estimate of drug-likeness (QED) is 0.580. The molecule has 0 atom stereocenters. The summed E-state index contributed by atoms with van der Waals surface area (Å²) in [5.41, 5.74) is 5.87. The fraction of sp³-hybridized carbons (Fsp3) is 0.0588. The molecule has 1 heterocycles. The molecule has 2 aromatic carbocycles. The summed E-state index contributed by atoms with van der Waals surface area (Å²) in [4.78, 5) is 15.6. The van der Waals surface area contributed by atoms with Crippen molar-refractivity contribution in [3.63, 3.8) is 0 Å². The Bertz CT molecular complexity index is 1060. The number of amides is 1. The number of carbonyl (C=O) groups is 1. The number of nitrogens with zero attached hydrogens (tertiary/aromatic N) is 1. The van der Waals surface area contributed by atoms with E-state index < -0.39 is 16.0 Å². The van der Waals surface area contributed by atoms with Crippen LogP contribution in [0.1, 0.15) is 5.56 Å². The number of amidine groups is 1. The molecule has 0 spiro atoms. The van der Waals surface area contributed by atoms with Gasteiger partial charge in [-0.05, 0) is 48.2 Å². The van der Waals surface area contributed by atoms with Gasteiger partial charge in [0.2, 0.25) is 0 Å². The lowest BCUT2D eigenvalue weighted by Crippen LogP contribution is -2.11. The van der Waals surface area contributed by atoms with E-state index in [1.165, 1.54) is 37.5 Å². The largest absolute Gasteiger partial charge is 0.493 e. The van der Waals surface area contributed by atoms with E-state index >= 15 is 0 Å². The Morgan fingerprint density at radius 2 is 1.89 bits per heavy atom. The monoisotopic (exact) mass is 424 g/mol. The summed E-state index contributed by atoms with van der Waals surface area (Å²) in [7, 11) is -2.78. The number of carbonyl (C=O) groups excluding carboxylic acids is 1. The Hall–Kier alpha value is -2.49. The van der Waals surface area contributed by atoms with Gasteiger partial charge in [0.25, 0.3) is 5.91 Å². The molecular weight excluding hydrogens is 412 g/mol. The molecule has 2 N–H and O–H groups in total. The molecule has 140 valence electrons. The zero-order chi connectivity index (χ0) is 19.6. The number of aliphatic imine (C=N–C) groups is 1. The van der Waals surface area contributed by atoms with Crippen molar-refractivity contribution >= 4 is 50.6 Å². The van der Waals surface area contributed by atoms with Crippen LogP contribution in [0.3, 0.4) is 0 Å². The molecule has 10 heteroatoms. The predicted octanol–water partition coefficient (Wildman–Crippen LogP) is 3.05. The van der Waals surface area contributed by atoms with Crippen LogP contribution < -0.4 is 14.7 Å². The van der Waals surface area contributed by atoms with Gasteiger partial charge in [-0.2, -0.15) is 13.4 Å². The first-order valence-corrected chi connectivity index (χ1v) is 10.1. The normalized spacial score (nSPS) is 15.7. The van der Waals surface area contributed by atoms with Crippen LogP contribution >= 0.6 is 23.4 Å². The fourth-order valence-corrected chi connectivity index (χ4v) is 3.98. The molecule has 0 bridgehead atoms. The van der Waals surface area contributed by atoms with Crippen molar-refractivity contribution in [1.29, 1.82) is 0 Å². The molecule has 0 saturated heterocycles. The molecule has 0 unspecified atom stereocenters. The first-order valence-electron chi connectivity index (χ1n) is 7.45.